The fourth-order valence-corrected chi connectivity index (χ4v) is 3.50. The van der Waals surface area contributed by atoms with E-state index in [2.05, 4.69) is 53.0 Å². The first-order valence-electron chi connectivity index (χ1n) is 6.31. The first kappa shape index (κ1) is 11.9. The molecule has 0 bridgehead atoms. The standard InChI is InChI=1S/C15H18N2S/c1-17(9-11-6-7-18-10-11)15-8-14(16)12-4-2-3-5-13(12)15/h2-7,10,14-15H,8-9,16H2,1H3. The molecule has 18 heavy (non-hydrogen) atoms. The van der Waals surface area contributed by atoms with E-state index in [4.69, 9.17) is 5.73 Å². The summed E-state index contributed by atoms with van der Waals surface area (Å²) in [6.45, 7) is 0.995. The van der Waals surface area contributed by atoms with Gasteiger partial charge in [-0.3, -0.25) is 4.90 Å². The number of benzene rings is 1. The number of hydrogen-bond acceptors (Lipinski definition) is 3. The lowest BCUT2D eigenvalue weighted by Gasteiger charge is -2.24. The van der Waals surface area contributed by atoms with Gasteiger partial charge in [-0.15, -0.1) is 0 Å². The normalized spacial score (nSPS) is 22.4. The first-order chi connectivity index (χ1) is 8.75. The highest BCUT2D eigenvalue weighted by Crippen LogP contribution is 2.40. The van der Waals surface area contributed by atoms with Crippen LogP contribution in [0.2, 0.25) is 0 Å². The van der Waals surface area contributed by atoms with Gasteiger partial charge < -0.3 is 5.73 Å². The Morgan fingerprint density at radius 1 is 1.28 bits per heavy atom. The lowest BCUT2D eigenvalue weighted by molar-refractivity contribution is 0.230. The van der Waals surface area contributed by atoms with Gasteiger partial charge in [0.2, 0.25) is 0 Å². The number of nitrogens with zero attached hydrogens (tertiary/aromatic N) is 1. The Morgan fingerprint density at radius 3 is 2.78 bits per heavy atom. The van der Waals surface area contributed by atoms with Crippen LogP contribution in [0.3, 0.4) is 0 Å². The van der Waals surface area contributed by atoms with Gasteiger partial charge in [0.25, 0.3) is 0 Å². The molecule has 2 N–H and O–H groups in total. The molecule has 94 valence electrons. The average Bonchev–Trinajstić information content (AvgIpc) is 2.98. The van der Waals surface area contributed by atoms with Crippen molar-refractivity contribution >= 4 is 11.3 Å². The van der Waals surface area contributed by atoms with Crippen LogP contribution >= 0.6 is 11.3 Å². The molecule has 0 saturated carbocycles. The maximum Gasteiger partial charge on any atom is 0.0369 e. The van der Waals surface area contributed by atoms with Crippen LogP contribution in [0.5, 0.6) is 0 Å². The molecule has 1 aliphatic rings. The largest absolute Gasteiger partial charge is 0.324 e. The van der Waals surface area contributed by atoms with Gasteiger partial charge in [-0.1, -0.05) is 24.3 Å². The zero-order valence-electron chi connectivity index (χ0n) is 10.5. The van der Waals surface area contributed by atoms with E-state index in [0.717, 1.165) is 13.0 Å². The second-order valence-electron chi connectivity index (χ2n) is 5.03. The van der Waals surface area contributed by atoms with Gasteiger partial charge in [0.15, 0.2) is 0 Å². The monoisotopic (exact) mass is 258 g/mol. The number of hydrogen-bond donors (Lipinski definition) is 1. The van der Waals surface area contributed by atoms with Crippen molar-refractivity contribution in [2.45, 2.75) is 25.0 Å². The van der Waals surface area contributed by atoms with Gasteiger partial charge in [-0.2, -0.15) is 11.3 Å². The molecule has 3 heteroatoms. The van der Waals surface area contributed by atoms with Crippen LogP contribution in [-0.2, 0) is 6.54 Å². The average molecular weight is 258 g/mol. The van der Waals surface area contributed by atoms with Crippen LogP contribution < -0.4 is 5.73 Å². The second kappa shape index (κ2) is 4.84. The molecule has 0 spiro atoms. The number of thiophene rings is 1. The third-order valence-corrected chi connectivity index (χ3v) is 4.51. The van der Waals surface area contributed by atoms with Crippen LogP contribution in [0.15, 0.2) is 41.1 Å². The molecule has 2 aromatic rings. The Balaban J connectivity index is 1.82. The smallest absolute Gasteiger partial charge is 0.0369 e. The third-order valence-electron chi connectivity index (χ3n) is 3.78. The minimum atomic E-state index is 0.191. The molecule has 1 aliphatic carbocycles. The molecule has 1 aromatic heterocycles. The molecule has 1 aromatic carbocycles. The highest BCUT2D eigenvalue weighted by Gasteiger charge is 2.30. The van der Waals surface area contributed by atoms with Crippen molar-refractivity contribution in [2.24, 2.45) is 5.73 Å². The Morgan fingerprint density at radius 2 is 2.06 bits per heavy atom. The van der Waals surface area contributed by atoms with Crippen molar-refractivity contribution in [3.8, 4) is 0 Å². The molecule has 0 aliphatic heterocycles. The fraction of sp³-hybridized carbons (Fsp3) is 0.333. The van der Waals surface area contributed by atoms with Crippen molar-refractivity contribution in [3.05, 3.63) is 57.8 Å². The molecule has 3 rings (SSSR count). The van der Waals surface area contributed by atoms with Crippen LogP contribution in [0.25, 0.3) is 0 Å². The van der Waals surface area contributed by atoms with E-state index in [9.17, 15) is 0 Å². The van der Waals surface area contributed by atoms with Gasteiger partial charge in [-0.05, 0) is 47.0 Å². The first-order valence-corrected chi connectivity index (χ1v) is 7.25. The third kappa shape index (κ3) is 2.09. The van der Waals surface area contributed by atoms with Crippen LogP contribution in [0.1, 0.15) is 35.2 Å². The topological polar surface area (TPSA) is 29.3 Å². The summed E-state index contributed by atoms with van der Waals surface area (Å²) in [7, 11) is 2.19. The number of nitrogens with two attached hydrogens (primary N) is 1. The summed E-state index contributed by atoms with van der Waals surface area (Å²) in [4.78, 5) is 2.41. The van der Waals surface area contributed by atoms with Crippen molar-refractivity contribution in [3.63, 3.8) is 0 Å². The zero-order valence-corrected chi connectivity index (χ0v) is 11.4. The highest BCUT2D eigenvalue weighted by molar-refractivity contribution is 7.07. The fourth-order valence-electron chi connectivity index (χ4n) is 2.84. The van der Waals surface area contributed by atoms with E-state index in [1.54, 1.807) is 11.3 Å². The molecule has 0 radical (unpaired) electrons. The second-order valence-corrected chi connectivity index (χ2v) is 5.81. The summed E-state index contributed by atoms with van der Waals surface area (Å²) in [5.74, 6) is 0. The van der Waals surface area contributed by atoms with E-state index in [-0.39, 0.29) is 6.04 Å². The van der Waals surface area contributed by atoms with Gasteiger partial charge in [0.1, 0.15) is 0 Å². The molecule has 0 saturated heterocycles. The van der Waals surface area contributed by atoms with Crippen molar-refractivity contribution in [1.29, 1.82) is 0 Å². The van der Waals surface area contributed by atoms with E-state index >= 15 is 0 Å². The van der Waals surface area contributed by atoms with E-state index < -0.39 is 0 Å². The molecule has 0 amide bonds. The van der Waals surface area contributed by atoms with E-state index in [1.807, 2.05) is 0 Å². The van der Waals surface area contributed by atoms with E-state index in [0.29, 0.717) is 6.04 Å². The summed E-state index contributed by atoms with van der Waals surface area (Å²) in [6, 6.07) is 11.4. The molecule has 0 fully saturated rings. The van der Waals surface area contributed by atoms with Gasteiger partial charge in [-0.25, -0.2) is 0 Å². The van der Waals surface area contributed by atoms with Crippen LogP contribution in [-0.4, -0.2) is 11.9 Å². The van der Waals surface area contributed by atoms with Crippen LogP contribution in [0.4, 0.5) is 0 Å². The number of rotatable bonds is 3. The molecule has 1 heterocycles. The van der Waals surface area contributed by atoms with Crippen molar-refractivity contribution < 1.29 is 0 Å². The molecule has 2 atom stereocenters. The number of fused-ring (bicyclic) bond motifs is 1. The lowest BCUT2D eigenvalue weighted by atomic mass is 10.1. The van der Waals surface area contributed by atoms with Crippen molar-refractivity contribution in [2.75, 3.05) is 7.05 Å². The molecule has 2 nitrogen and oxygen atoms in total. The summed E-state index contributed by atoms with van der Waals surface area (Å²) in [5, 5.41) is 4.36. The lowest BCUT2D eigenvalue weighted by Crippen LogP contribution is -2.22. The Hall–Kier alpha value is -1.16. The summed E-state index contributed by atoms with van der Waals surface area (Å²) >= 11 is 1.76. The minimum Gasteiger partial charge on any atom is -0.324 e. The molecular formula is C15H18N2S. The maximum absolute atomic E-state index is 6.22. The Kier molecular flexibility index (Phi) is 3.20. The molecule has 2 unspecified atom stereocenters. The Bertz CT molecular complexity index is 521. The Labute approximate surface area is 112 Å². The van der Waals surface area contributed by atoms with Gasteiger partial charge >= 0.3 is 0 Å². The predicted octanol–water partition coefficient (Wildman–Crippen LogP) is 3.32. The van der Waals surface area contributed by atoms with Crippen LogP contribution in [0, 0.1) is 0 Å². The minimum absolute atomic E-state index is 0.191. The van der Waals surface area contributed by atoms with Crippen molar-refractivity contribution in [1.82, 2.24) is 4.90 Å². The zero-order chi connectivity index (χ0) is 12.5. The highest BCUT2D eigenvalue weighted by atomic mass is 32.1. The summed E-state index contributed by atoms with van der Waals surface area (Å²) < 4.78 is 0. The van der Waals surface area contributed by atoms with E-state index in [1.165, 1.54) is 16.7 Å². The maximum atomic E-state index is 6.22. The predicted molar refractivity (Wildman–Crippen MR) is 76.5 cm³/mol. The van der Waals surface area contributed by atoms with Gasteiger partial charge in [0, 0.05) is 18.6 Å². The summed E-state index contributed by atoms with van der Waals surface area (Å²) in [5.41, 5.74) is 10.3. The SMILES string of the molecule is CN(Cc1ccsc1)C1CC(N)c2ccccc21. The van der Waals surface area contributed by atoms with Gasteiger partial charge in [0.05, 0.1) is 0 Å². The summed E-state index contributed by atoms with van der Waals surface area (Å²) in [6.07, 6.45) is 1.03. The molecular weight excluding hydrogens is 240 g/mol. The quantitative estimate of drug-likeness (QED) is 0.915.